The van der Waals surface area contributed by atoms with Gasteiger partial charge in [0.15, 0.2) is 0 Å². The standard InChI is InChI=1S/C21H24N2O4S/c1-2-27-19-5-3-4-6-20(19)28(25,26)22-18-10-9-15-11-12-23(14-17(15)13-18)21(24)16-7-8-16/h3-6,9-10,13,16,22H,2,7-8,11-12,14H2,1H3. The number of rotatable bonds is 6. The summed E-state index contributed by atoms with van der Waals surface area (Å²) in [5, 5.41) is 0. The molecule has 0 spiro atoms. The Morgan fingerprint density at radius 1 is 1.18 bits per heavy atom. The van der Waals surface area contributed by atoms with Gasteiger partial charge < -0.3 is 9.64 Å². The van der Waals surface area contributed by atoms with Crippen LogP contribution in [0.2, 0.25) is 0 Å². The van der Waals surface area contributed by atoms with Crippen LogP contribution in [0.4, 0.5) is 5.69 Å². The number of para-hydroxylation sites is 1. The molecule has 7 heteroatoms. The van der Waals surface area contributed by atoms with Crippen LogP contribution in [0.5, 0.6) is 5.75 Å². The van der Waals surface area contributed by atoms with Crippen LogP contribution in [-0.2, 0) is 27.8 Å². The highest BCUT2D eigenvalue weighted by Gasteiger charge is 2.34. The fourth-order valence-electron chi connectivity index (χ4n) is 3.55. The molecule has 2 aliphatic rings. The zero-order valence-corrected chi connectivity index (χ0v) is 16.7. The van der Waals surface area contributed by atoms with Crippen molar-refractivity contribution in [3.8, 4) is 5.75 Å². The van der Waals surface area contributed by atoms with Crippen molar-refractivity contribution >= 4 is 21.6 Å². The number of carbonyl (C=O) groups excluding carboxylic acids is 1. The number of benzene rings is 2. The Morgan fingerprint density at radius 3 is 2.71 bits per heavy atom. The summed E-state index contributed by atoms with van der Waals surface area (Å²) in [6.07, 6.45) is 2.77. The van der Waals surface area contributed by atoms with E-state index in [1.807, 2.05) is 24.0 Å². The molecule has 1 amide bonds. The van der Waals surface area contributed by atoms with Gasteiger partial charge in [-0.3, -0.25) is 9.52 Å². The third-order valence-electron chi connectivity index (χ3n) is 5.15. The molecule has 2 aromatic rings. The summed E-state index contributed by atoms with van der Waals surface area (Å²) in [5.74, 6) is 0.747. The number of anilines is 1. The fourth-order valence-corrected chi connectivity index (χ4v) is 4.75. The van der Waals surface area contributed by atoms with E-state index < -0.39 is 10.0 Å². The fraction of sp³-hybridized carbons (Fsp3) is 0.381. The molecule has 1 heterocycles. The minimum Gasteiger partial charge on any atom is -0.492 e. The van der Waals surface area contributed by atoms with Crippen molar-refractivity contribution in [2.45, 2.75) is 37.6 Å². The molecule has 1 aliphatic carbocycles. The van der Waals surface area contributed by atoms with Crippen molar-refractivity contribution in [1.82, 2.24) is 4.90 Å². The summed E-state index contributed by atoms with van der Waals surface area (Å²) < 4.78 is 33.9. The Morgan fingerprint density at radius 2 is 1.96 bits per heavy atom. The van der Waals surface area contributed by atoms with Crippen molar-refractivity contribution < 1.29 is 17.9 Å². The highest BCUT2D eigenvalue weighted by Crippen LogP contribution is 2.33. The van der Waals surface area contributed by atoms with Gasteiger partial charge in [0.2, 0.25) is 5.91 Å². The van der Waals surface area contributed by atoms with Gasteiger partial charge in [0.1, 0.15) is 10.6 Å². The molecule has 1 aliphatic heterocycles. The third-order valence-corrected chi connectivity index (χ3v) is 6.57. The maximum atomic E-state index is 12.9. The Hall–Kier alpha value is -2.54. The molecule has 0 radical (unpaired) electrons. The second kappa shape index (κ2) is 7.47. The number of carbonyl (C=O) groups is 1. The molecule has 4 rings (SSSR count). The number of nitrogens with one attached hydrogen (secondary N) is 1. The highest BCUT2D eigenvalue weighted by molar-refractivity contribution is 7.92. The first-order chi connectivity index (χ1) is 13.5. The minimum atomic E-state index is -3.78. The molecule has 0 aromatic heterocycles. The van der Waals surface area contributed by atoms with Crippen LogP contribution in [0, 0.1) is 5.92 Å². The monoisotopic (exact) mass is 400 g/mol. The second-order valence-corrected chi connectivity index (χ2v) is 8.90. The molecule has 6 nitrogen and oxygen atoms in total. The summed E-state index contributed by atoms with van der Waals surface area (Å²) in [6.45, 7) is 3.47. The van der Waals surface area contributed by atoms with Crippen LogP contribution < -0.4 is 9.46 Å². The van der Waals surface area contributed by atoms with Gasteiger partial charge in [-0.15, -0.1) is 0 Å². The van der Waals surface area contributed by atoms with E-state index in [1.54, 1.807) is 24.3 Å². The normalized spacial score (nSPS) is 16.4. The lowest BCUT2D eigenvalue weighted by Crippen LogP contribution is -2.36. The van der Waals surface area contributed by atoms with Gasteiger partial charge in [0.25, 0.3) is 10.0 Å². The van der Waals surface area contributed by atoms with Crippen LogP contribution in [0.3, 0.4) is 0 Å². The Balaban J connectivity index is 1.56. The quantitative estimate of drug-likeness (QED) is 0.808. The molecule has 0 unspecified atom stereocenters. The van der Waals surface area contributed by atoms with E-state index in [2.05, 4.69) is 4.72 Å². The maximum absolute atomic E-state index is 12.9. The molecule has 148 valence electrons. The number of sulfonamides is 1. The second-order valence-electron chi connectivity index (χ2n) is 7.25. The van der Waals surface area contributed by atoms with Gasteiger partial charge >= 0.3 is 0 Å². The molecule has 1 saturated carbocycles. The Bertz CT molecular complexity index is 999. The van der Waals surface area contributed by atoms with E-state index in [1.165, 1.54) is 6.07 Å². The van der Waals surface area contributed by atoms with Crippen molar-refractivity contribution in [1.29, 1.82) is 0 Å². The third kappa shape index (κ3) is 3.85. The molecule has 28 heavy (non-hydrogen) atoms. The minimum absolute atomic E-state index is 0.111. The highest BCUT2D eigenvalue weighted by atomic mass is 32.2. The molecular weight excluding hydrogens is 376 g/mol. The summed E-state index contributed by atoms with van der Waals surface area (Å²) in [6, 6.07) is 12.1. The van der Waals surface area contributed by atoms with Gasteiger partial charge in [-0.05, 0) is 61.6 Å². The molecule has 0 saturated heterocycles. The van der Waals surface area contributed by atoms with E-state index in [0.717, 1.165) is 36.9 Å². The Kier molecular flexibility index (Phi) is 5.02. The summed E-state index contributed by atoms with van der Waals surface area (Å²) >= 11 is 0. The average molecular weight is 401 g/mol. The van der Waals surface area contributed by atoms with E-state index in [9.17, 15) is 13.2 Å². The predicted molar refractivity (Wildman–Crippen MR) is 107 cm³/mol. The van der Waals surface area contributed by atoms with Crippen LogP contribution in [0.25, 0.3) is 0 Å². The smallest absolute Gasteiger partial charge is 0.265 e. The van der Waals surface area contributed by atoms with Crippen molar-refractivity contribution in [3.05, 3.63) is 53.6 Å². The van der Waals surface area contributed by atoms with E-state index >= 15 is 0 Å². The number of ether oxygens (including phenoxy) is 1. The zero-order valence-electron chi connectivity index (χ0n) is 15.8. The van der Waals surface area contributed by atoms with Crippen LogP contribution >= 0.6 is 0 Å². The SMILES string of the molecule is CCOc1ccccc1S(=O)(=O)Nc1ccc2c(c1)CN(C(=O)C1CC1)CC2. The molecular formula is C21H24N2O4S. The molecule has 0 atom stereocenters. The first-order valence-electron chi connectivity index (χ1n) is 9.63. The van der Waals surface area contributed by atoms with Crippen molar-refractivity contribution in [2.24, 2.45) is 5.92 Å². The first kappa shape index (κ1) is 18.8. The number of hydrogen-bond acceptors (Lipinski definition) is 4. The van der Waals surface area contributed by atoms with Crippen molar-refractivity contribution in [2.75, 3.05) is 17.9 Å². The topological polar surface area (TPSA) is 75.7 Å². The molecule has 1 N–H and O–H groups in total. The van der Waals surface area contributed by atoms with Crippen LogP contribution in [-0.4, -0.2) is 32.4 Å². The van der Waals surface area contributed by atoms with Gasteiger partial charge in [0.05, 0.1) is 6.61 Å². The largest absolute Gasteiger partial charge is 0.492 e. The van der Waals surface area contributed by atoms with Crippen LogP contribution in [0.1, 0.15) is 30.9 Å². The number of fused-ring (bicyclic) bond motifs is 1. The maximum Gasteiger partial charge on any atom is 0.265 e. The lowest BCUT2D eigenvalue weighted by Gasteiger charge is -2.29. The number of amides is 1. The number of nitrogens with zero attached hydrogens (tertiary/aromatic N) is 1. The van der Waals surface area contributed by atoms with E-state index in [4.69, 9.17) is 4.74 Å². The van der Waals surface area contributed by atoms with E-state index in [-0.39, 0.29) is 16.7 Å². The van der Waals surface area contributed by atoms with Crippen molar-refractivity contribution in [3.63, 3.8) is 0 Å². The van der Waals surface area contributed by atoms with E-state index in [0.29, 0.717) is 24.6 Å². The lowest BCUT2D eigenvalue weighted by molar-refractivity contribution is -0.133. The summed E-state index contributed by atoms with van der Waals surface area (Å²) in [7, 11) is -3.78. The summed E-state index contributed by atoms with van der Waals surface area (Å²) in [5.41, 5.74) is 2.65. The van der Waals surface area contributed by atoms with Crippen LogP contribution in [0.15, 0.2) is 47.4 Å². The zero-order chi connectivity index (χ0) is 19.7. The lowest BCUT2D eigenvalue weighted by atomic mass is 9.99. The predicted octanol–water partition coefficient (Wildman–Crippen LogP) is 3.18. The number of hydrogen-bond donors (Lipinski definition) is 1. The first-order valence-corrected chi connectivity index (χ1v) is 11.1. The van der Waals surface area contributed by atoms with Gasteiger partial charge in [-0.25, -0.2) is 8.42 Å². The average Bonchev–Trinajstić information content (AvgIpc) is 3.52. The molecule has 1 fully saturated rings. The molecule has 0 bridgehead atoms. The molecule has 2 aromatic carbocycles. The van der Waals surface area contributed by atoms with Gasteiger partial charge in [-0.1, -0.05) is 18.2 Å². The van der Waals surface area contributed by atoms with Gasteiger partial charge in [-0.2, -0.15) is 0 Å². The van der Waals surface area contributed by atoms with Gasteiger partial charge in [0, 0.05) is 24.7 Å². The Labute approximate surface area is 165 Å². The summed E-state index contributed by atoms with van der Waals surface area (Å²) in [4.78, 5) is 14.4.